The van der Waals surface area contributed by atoms with E-state index in [1.165, 1.54) is 12.0 Å². The molecule has 1 aliphatic carbocycles. The van der Waals surface area contributed by atoms with Crippen molar-refractivity contribution >= 4 is 5.97 Å². The van der Waals surface area contributed by atoms with E-state index in [-0.39, 0.29) is 18.0 Å². The van der Waals surface area contributed by atoms with E-state index < -0.39 is 0 Å². The maximum Gasteiger partial charge on any atom is 0.306 e. The Balaban J connectivity index is 1.68. The quantitative estimate of drug-likeness (QED) is 0.372. The lowest BCUT2D eigenvalue weighted by Crippen LogP contribution is -2.29. The summed E-state index contributed by atoms with van der Waals surface area (Å²) in [6.45, 7) is 2.70. The fourth-order valence-corrected chi connectivity index (χ4v) is 3.99. The highest BCUT2D eigenvalue weighted by atomic mass is 16.5. The van der Waals surface area contributed by atoms with E-state index in [4.69, 9.17) is 9.47 Å². The molecule has 3 nitrogen and oxygen atoms in total. The van der Waals surface area contributed by atoms with Gasteiger partial charge >= 0.3 is 5.97 Å². The van der Waals surface area contributed by atoms with E-state index >= 15 is 0 Å². The summed E-state index contributed by atoms with van der Waals surface area (Å²) < 4.78 is 12.1. The normalized spacial score (nSPS) is 19.2. The molecule has 0 bridgehead atoms. The molecule has 1 saturated carbocycles. The summed E-state index contributed by atoms with van der Waals surface area (Å²) in [5.74, 6) is 1.08. The van der Waals surface area contributed by atoms with Crippen LogP contribution in [-0.2, 0) is 16.1 Å². The van der Waals surface area contributed by atoms with Gasteiger partial charge in [-0.1, -0.05) is 74.7 Å². The van der Waals surface area contributed by atoms with Crippen LogP contribution < -0.4 is 4.74 Å². The summed E-state index contributed by atoms with van der Waals surface area (Å²) in [4.78, 5) is 12.3. The maximum atomic E-state index is 12.3. The zero-order valence-electron chi connectivity index (χ0n) is 16.9. The molecule has 0 saturated heterocycles. The smallest absolute Gasteiger partial charge is 0.306 e. The second-order valence-electron chi connectivity index (χ2n) is 7.69. The van der Waals surface area contributed by atoms with Crippen LogP contribution in [0.15, 0.2) is 54.6 Å². The molecule has 150 valence electrons. The van der Waals surface area contributed by atoms with Crippen LogP contribution in [0.1, 0.15) is 75.3 Å². The lowest BCUT2D eigenvalue weighted by Gasteiger charge is -2.32. The Morgan fingerprint density at radius 1 is 0.964 bits per heavy atom. The molecule has 0 radical (unpaired) electrons. The molecule has 2 aromatic carbocycles. The number of carbonyl (C=O) groups excluding carboxylic acids is 1. The van der Waals surface area contributed by atoms with E-state index in [1.54, 1.807) is 0 Å². The van der Waals surface area contributed by atoms with Crippen LogP contribution in [-0.4, -0.2) is 12.1 Å². The van der Waals surface area contributed by atoms with Crippen molar-refractivity contribution in [2.24, 2.45) is 0 Å². The van der Waals surface area contributed by atoms with E-state index in [2.05, 4.69) is 31.2 Å². The summed E-state index contributed by atoms with van der Waals surface area (Å²) in [6.07, 6.45) is 7.88. The Morgan fingerprint density at radius 3 is 2.54 bits per heavy atom. The van der Waals surface area contributed by atoms with Crippen LogP contribution in [0.25, 0.3) is 0 Å². The standard InChI is InChI=1S/C25H32O3/c1-2-3-5-18-25(26)28-24-17-11-9-15-22(24)21-14-8-10-16-23(21)27-19-20-12-6-4-7-13-20/h4,6-8,10,12-14,16,22,24H,2-3,5,9,11,15,17-19H2,1H3/t22-,24+/m1/s1. The third kappa shape index (κ3) is 5.85. The lowest BCUT2D eigenvalue weighted by molar-refractivity contribution is -0.151. The Hall–Kier alpha value is -2.29. The number of hydrogen-bond donors (Lipinski definition) is 0. The first kappa shape index (κ1) is 20.4. The highest BCUT2D eigenvalue weighted by Gasteiger charge is 2.31. The highest BCUT2D eigenvalue weighted by Crippen LogP contribution is 2.39. The van der Waals surface area contributed by atoms with Gasteiger partial charge in [-0.15, -0.1) is 0 Å². The molecular formula is C25H32O3. The summed E-state index contributed by atoms with van der Waals surface area (Å²) >= 11 is 0. The second kappa shape index (κ2) is 10.9. The SMILES string of the molecule is CCCCCC(=O)O[C@H]1CCCC[C@@H]1c1ccccc1OCc1ccccc1. The zero-order chi connectivity index (χ0) is 19.6. The number of hydrogen-bond acceptors (Lipinski definition) is 3. The molecule has 2 atom stereocenters. The minimum absolute atomic E-state index is 0.0376. The van der Waals surface area contributed by atoms with Crippen LogP contribution >= 0.6 is 0 Å². The van der Waals surface area contributed by atoms with Crippen molar-refractivity contribution < 1.29 is 14.3 Å². The Morgan fingerprint density at radius 2 is 1.71 bits per heavy atom. The largest absolute Gasteiger partial charge is 0.489 e. The van der Waals surface area contributed by atoms with Crippen LogP contribution in [0, 0.1) is 0 Å². The van der Waals surface area contributed by atoms with Crippen molar-refractivity contribution in [3.8, 4) is 5.75 Å². The number of benzene rings is 2. The van der Waals surface area contributed by atoms with Crippen molar-refractivity contribution in [3.63, 3.8) is 0 Å². The van der Waals surface area contributed by atoms with Crippen molar-refractivity contribution in [1.82, 2.24) is 0 Å². The highest BCUT2D eigenvalue weighted by molar-refractivity contribution is 5.69. The molecule has 1 fully saturated rings. The van der Waals surface area contributed by atoms with Crippen molar-refractivity contribution in [2.45, 2.75) is 76.9 Å². The van der Waals surface area contributed by atoms with Gasteiger partial charge in [-0.25, -0.2) is 0 Å². The molecule has 0 N–H and O–H groups in total. The molecule has 2 aromatic rings. The Bertz CT molecular complexity index is 726. The Kier molecular flexibility index (Phi) is 7.95. The predicted octanol–water partition coefficient (Wildman–Crippen LogP) is 6.42. The van der Waals surface area contributed by atoms with E-state index in [0.717, 1.165) is 49.8 Å². The predicted molar refractivity (Wildman–Crippen MR) is 112 cm³/mol. The average molecular weight is 381 g/mol. The van der Waals surface area contributed by atoms with Gasteiger partial charge in [0.25, 0.3) is 0 Å². The monoisotopic (exact) mass is 380 g/mol. The first-order valence-corrected chi connectivity index (χ1v) is 10.7. The zero-order valence-corrected chi connectivity index (χ0v) is 16.9. The molecule has 0 aromatic heterocycles. The van der Waals surface area contributed by atoms with Gasteiger partial charge in [0.1, 0.15) is 18.5 Å². The summed E-state index contributed by atoms with van der Waals surface area (Å²) in [5.41, 5.74) is 2.32. The van der Waals surface area contributed by atoms with Gasteiger partial charge in [0.05, 0.1) is 0 Å². The lowest BCUT2D eigenvalue weighted by atomic mass is 9.81. The third-order valence-electron chi connectivity index (χ3n) is 5.53. The summed E-state index contributed by atoms with van der Waals surface area (Å²) in [5, 5.41) is 0. The molecule has 0 spiro atoms. The molecule has 0 amide bonds. The first-order valence-electron chi connectivity index (χ1n) is 10.7. The average Bonchev–Trinajstić information content (AvgIpc) is 2.74. The van der Waals surface area contributed by atoms with Gasteiger partial charge in [-0.2, -0.15) is 0 Å². The number of ether oxygens (including phenoxy) is 2. The second-order valence-corrected chi connectivity index (χ2v) is 7.69. The van der Waals surface area contributed by atoms with Crippen molar-refractivity contribution in [3.05, 3.63) is 65.7 Å². The maximum absolute atomic E-state index is 12.3. The molecule has 0 heterocycles. The molecule has 1 aliphatic rings. The third-order valence-corrected chi connectivity index (χ3v) is 5.53. The minimum atomic E-state index is -0.0481. The van der Waals surface area contributed by atoms with E-state index in [1.807, 2.05) is 30.3 Å². The molecule has 0 unspecified atom stereocenters. The fourth-order valence-electron chi connectivity index (χ4n) is 3.99. The molecule has 0 aliphatic heterocycles. The summed E-state index contributed by atoms with van der Waals surface area (Å²) in [6, 6.07) is 18.5. The first-order chi connectivity index (χ1) is 13.8. The number of para-hydroxylation sites is 1. The number of rotatable bonds is 9. The van der Waals surface area contributed by atoms with E-state index in [0.29, 0.717) is 13.0 Å². The topological polar surface area (TPSA) is 35.5 Å². The van der Waals surface area contributed by atoms with Gasteiger partial charge in [-0.3, -0.25) is 4.79 Å². The van der Waals surface area contributed by atoms with Crippen molar-refractivity contribution in [1.29, 1.82) is 0 Å². The van der Waals surface area contributed by atoms with Crippen LogP contribution in [0.5, 0.6) is 5.75 Å². The molecule has 3 rings (SSSR count). The van der Waals surface area contributed by atoms with Crippen LogP contribution in [0.4, 0.5) is 0 Å². The van der Waals surface area contributed by atoms with Crippen molar-refractivity contribution in [2.75, 3.05) is 0 Å². The molecule has 28 heavy (non-hydrogen) atoms. The number of esters is 1. The number of carbonyl (C=O) groups is 1. The minimum Gasteiger partial charge on any atom is -0.489 e. The van der Waals surface area contributed by atoms with Crippen LogP contribution in [0.2, 0.25) is 0 Å². The van der Waals surface area contributed by atoms with Gasteiger partial charge in [0.15, 0.2) is 0 Å². The van der Waals surface area contributed by atoms with E-state index in [9.17, 15) is 4.79 Å². The summed E-state index contributed by atoms with van der Waals surface area (Å²) in [7, 11) is 0. The number of unbranched alkanes of at least 4 members (excludes halogenated alkanes) is 2. The van der Waals surface area contributed by atoms with Gasteiger partial charge in [0, 0.05) is 17.9 Å². The Labute approximate surface area is 169 Å². The molecular weight excluding hydrogens is 348 g/mol. The van der Waals surface area contributed by atoms with Gasteiger partial charge < -0.3 is 9.47 Å². The van der Waals surface area contributed by atoms with Crippen LogP contribution in [0.3, 0.4) is 0 Å². The fraction of sp³-hybridized carbons (Fsp3) is 0.480. The van der Waals surface area contributed by atoms with Gasteiger partial charge in [-0.05, 0) is 37.3 Å². The van der Waals surface area contributed by atoms with Gasteiger partial charge in [0.2, 0.25) is 0 Å². The molecule has 3 heteroatoms.